The Hall–Kier alpha value is -1.66. The second-order valence-corrected chi connectivity index (χ2v) is 3.81. The smallest absolute Gasteiger partial charge is 0.110 e. The molecule has 0 amide bonds. The predicted octanol–water partition coefficient (Wildman–Crippen LogP) is -0.0993. The summed E-state index contributed by atoms with van der Waals surface area (Å²) in [7, 11) is 3.92. The van der Waals surface area contributed by atoms with E-state index in [1.807, 2.05) is 35.6 Å². The highest BCUT2D eigenvalue weighted by atomic mass is 15.3. The molecule has 0 bridgehead atoms. The maximum atomic E-state index is 5.57. The second kappa shape index (κ2) is 4.46. The van der Waals surface area contributed by atoms with Crippen molar-refractivity contribution in [2.45, 2.75) is 12.5 Å². The number of nitrogens with one attached hydrogen (secondary N) is 1. The molecule has 86 valence electrons. The molecule has 16 heavy (non-hydrogen) atoms. The molecule has 0 spiro atoms. The Morgan fingerprint density at radius 1 is 1.44 bits per heavy atom. The van der Waals surface area contributed by atoms with Crippen LogP contribution in [0.4, 0.5) is 0 Å². The Balaban J connectivity index is 2.19. The monoisotopic (exact) mass is 220 g/mol. The quantitative estimate of drug-likeness (QED) is 0.557. The largest absolute Gasteiger partial charge is 0.338 e. The van der Waals surface area contributed by atoms with E-state index in [1.54, 1.807) is 12.5 Å². The Morgan fingerprint density at radius 3 is 2.75 bits per heavy atom. The van der Waals surface area contributed by atoms with Gasteiger partial charge in [0.15, 0.2) is 0 Å². The molecule has 0 aromatic carbocycles. The maximum absolute atomic E-state index is 5.57. The van der Waals surface area contributed by atoms with Crippen LogP contribution in [0.25, 0.3) is 0 Å². The van der Waals surface area contributed by atoms with E-state index in [1.165, 1.54) is 0 Å². The van der Waals surface area contributed by atoms with Crippen molar-refractivity contribution in [3.8, 4) is 0 Å². The summed E-state index contributed by atoms with van der Waals surface area (Å²) >= 11 is 0. The molecule has 0 aliphatic heterocycles. The van der Waals surface area contributed by atoms with Gasteiger partial charge in [0.05, 0.1) is 18.1 Å². The zero-order valence-electron chi connectivity index (χ0n) is 9.46. The molecular weight excluding hydrogens is 204 g/mol. The normalized spacial score (nSPS) is 12.9. The number of aryl methyl sites for hydroxylation is 2. The van der Waals surface area contributed by atoms with Crippen molar-refractivity contribution >= 4 is 0 Å². The number of hydrogen-bond acceptors (Lipinski definition) is 4. The highest BCUT2D eigenvalue weighted by Gasteiger charge is 2.15. The molecule has 3 N–H and O–H groups in total. The van der Waals surface area contributed by atoms with Crippen LogP contribution >= 0.6 is 0 Å². The number of hydrazine groups is 1. The third-order valence-corrected chi connectivity index (χ3v) is 2.72. The fourth-order valence-corrected chi connectivity index (χ4v) is 1.73. The molecule has 2 heterocycles. The minimum atomic E-state index is 0.0219. The van der Waals surface area contributed by atoms with Crippen LogP contribution in [0.3, 0.4) is 0 Å². The molecule has 1 atom stereocenters. The Bertz CT molecular complexity index is 457. The summed E-state index contributed by atoms with van der Waals surface area (Å²) < 4.78 is 3.94. The molecule has 0 radical (unpaired) electrons. The molecule has 0 aliphatic rings. The zero-order chi connectivity index (χ0) is 11.5. The fourth-order valence-electron chi connectivity index (χ4n) is 1.73. The SMILES string of the molecule is Cn1cncc1C(Cc1nccn1C)NN. The number of imidazole rings is 2. The molecule has 2 aromatic heterocycles. The number of nitrogens with two attached hydrogens (primary N) is 1. The molecule has 0 fully saturated rings. The summed E-state index contributed by atoms with van der Waals surface area (Å²) in [6.45, 7) is 0. The second-order valence-electron chi connectivity index (χ2n) is 3.81. The number of hydrogen-bond donors (Lipinski definition) is 2. The molecular formula is C10H16N6. The first-order valence-corrected chi connectivity index (χ1v) is 5.11. The van der Waals surface area contributed by atoms with Crippen LogP contribution in [-0.2, 0) is 20.5 Å². The topological polar surface area (TPSA) is 73.7 Å². The zero-order valence-corrected chi connectivity index (χ0v) is 9.46. The maximum Gasteiger partial charge on any atom is 0.110 e. The number of rotatable bonds is 4. The van der Waals surface area contributed by atoms with Crippen molar-refractivity contribution in [3.63, 3.8) is 0 Å². The highest BCUT2D eigenvalue weighted by molar-refractivity contribution is 5.08. The van der Waals surface area contributed by atoms with Gasteiger partial charge in [-0.05, 0) is 0 Å². The third kappa shape index (κ3) is 1.98. The standard InChI is InChI=1S/C10H16N6/c1-15-4-3-13-10(15)5-8(14-11)9-6-12-7-16(9)2/h3-4,6-8,14H,5,11H2,1-2H3. The fraction of sp³-hybridized carbons (Fsp3) is 0.400. The van der Waals surface area contributed by atoms with Gasteiger partial charge in [-0.3, -0.25) is 11.3 Å². The van der Waals surface area contributed by atoms with Gasteiger partial charge in [0.25, 0.3) is 0 Å². The van der Waals surface area contributed by atoms with Crippen LogP contribution < -0.4 is 11.3 Å². The average molecular weight is 220 g/mol. The number of aromatic nitrogens is 4. The minimum absolute atomic E-state index is 0.0219. The summed E-state index contributed by atoms with van der Waals surface area (Å²) in [5, 5.41) is 0. The van der Waals surface area contributed by atoms with E-state index in [0.29, 0.717) is 0 Å². The van der Waals surface area contributed by atoms with Gasteiger partial charge in [0.2, 0.25) is 0 Å². The van der Waals surface area contributed by atoms with Gasteiger partial charge in [0, 0.05) is 39.1 Å². The van der Waals surface area contributed by atoms with Crippen molar-refractivity contribution in [1.82, 2.24) is 24.5 Å². The molecule has 0 aliphatic carbocycles. The van der Waals surface area contributed by atoms with Crippen molar-refractivity contribution in [1.29, 1.82) is 0 Å². The van der Waals surface area contributed by atoms with Crippen LogP contribution in [-0.4, -0.2) is 19.1 Å². The Morgan fingerprint density at radius 2 is 2.25 bits per heavy atom. The molecule has 0 saturated heterocycles. The lowest BCUT2D eigenvalue weighted by Gasteiger charge is -2.15. The summed E-state index contributed by atoms with van der Waals surface area (Å²) in [6, 6.07) is 0.0219. The van der Waals surface area contributed by atoms with Crippen molar-refractivity contribution in [2.24, 2.45) is 19.9 Å². The lowest BCUT2D eigenvalue weighted by molar-refractivity contribution is 0.504. The lowest BCUT2D eigenvalue weighted by Crippen LogP contribution is -2.31. The van der Waals surface area contributed by atoms with E-state index >= 15 is 0 Å². The molecule has 6 heteroatoms. The molecule has 2 rings (SSSR count). The van der Waals surface area contributed by atoms with Crippen LogP contribution in [0, 0.1) is 0 Å². The van der Waals surface area contributed by atoms with Crippen LogP contribution in [0.15, 0.2) is 24.9 Å². The third-order valence-electron chi connectivity index (χ3n) is 2.72. The molecule has 0 saturated carbocycles. The van der Waals surface area contributed by atoms with E-state index in [9.17, 15) is 0 Å². The van der Waals surface area contributed by atoms with Crippen molar-refractivity contribution < 1.29 is 0 Å². The molecule has 6 nitrogen and oxygen atoms in total. The summed E-state index contributed by atoms with van der Waals surface area (Å²) in [6.07, 6.45) is 8.02. The van der Waals surface area contributed by atoms with E-state index in [0.717, 1.165) is 17.9 Å². The first kappa shape index (κ1) is 10.8. The van der Waals surface area contributed by atoms with E-state index < -0.39 is 0 Å². The lowest BCUT2D eigenvalue weighted by atomic mass is 10.1. The first-order chi connectivity index (χ1) is 7.72. The van der Waals surface area contributed by atoms with Crippen LogP contribution in [0.5, 0.6) is 0 Å². The Labute approximate surface area is 94.1 Å². The van der Waals surface area contributed by atoms with Gasteiger partial charge in [-0.2, -0.15) is 0 Å². The van der Waals surface area contributed by atoms with Gasteiger partial charge in [-0.25, -0.2) is 9.97 Å². The Kier molecular flexibility index (Phi) is 3.02. The van der Waals surface area contributed by atoms with Crippen molar-refractivity contribution in [2.75, 3.05) is 0 Å². The molecule has 2 aromatic rings. The van der Waals surface area contributed by atoms with Crippen molar-refractivity contribution in [3.05, 3.63) is 36.4 Å². The van der Waals surface area contributed by atoms with Crippen LogP contribution in [0.2, 0.25) is 0 Å². The predicted molar refractivity (Wildman–Crippen MR) is 60.2 cm³/mol. The summed E-state index contributed by atoms with van der Waals surface area (Å²) in [5.74, 6) is 6.56. The average Bonchev–Trinajstić information content (AvgIpc) is 2.85. The van der Waals surface area contributed by atoms with Crippen LogP contribution in [0.1, 0.15) is 17.6 Å². The van der Waals surface area contributed by atoms with Gasteiger partial charge in [-0.15, -0.1) is 0 Å². The summed E-state index contributed by atoms with van der Waals surface area (Å²) in [5.41, 5.74) is 3.84. The van der Waals surface area contributed by atoms with Gasteiger partial charge >= 0.3 is 0 Å². The van der Waals surface area contributed by atoms with E-state index in [2.05, 4.69) is 15.4 Å². The van der Waals surface area contributed by atoms with Gasteiger partial charge in [0.1, 0.15) is 5.82 Å². The first-order valence-electron chi connectivity index (χ1n) is 5.11. The van der Waals surface area contributed by atoms with Gasteiger partial charge < -0.3 is 9.13 Å². The molecule has 1 unspecified atom stereocenters. The van der Waals surface area contributed by atoms with E-state index in [4.69, 9.17) is 5.84 Å². The number of nitrogens with zero attached hydrogens (tertiary/aromatic N) is 4. The minimum Gasteiger partial charge on any atom is -0.338 e. The highest BCUT2D eigenvalue weighted by Crippen LogP contribution is 2.15. The van der Waals surface area contributed by atoms with Gasteiger partial charge in [-0.1, -0.05) is 0 Å². The summed E-state index contributed by atoms with van der Waals surface area (Å²) in [4.78, 5) is 8.36. The van der Waals surface area contributed by atoms with E-state index in [-0.39, 0.29) is 6.04 Å².